The number of furan rings is 1. The van der Waals surface area contributed by atoms with Gasteiger partial charge >= 0.3 is 0 Å². The number of thioether (sulfide) groups is 1. The second kappa shape index (κ2) is 8.92. The van der Waals surface area contributed by atoms with Gasteiger partial charge in [-0.3, -0.25) is 4.79 Å². The summed E-state index contributed by atoms with van der Waals surface area (Å²) in [5.74, 6) is 1.33. The van der Waals surface area contributed by atoms with Gasteiger partial charge in [-0.1, -0.05) is 29.2 Å². The van der Waals surface area contributed by atoms with Gasteiger partial charge in [-0.25, -0.2) is 0 Å². The number of nitrogens with zero attached hydrogens (tertiary/aromatic N) is 2. The van der Waals surface area contributed by atoms with Crippen LogP contribution in [0.1, 0.15) is 18.2 Å². The molecule has 0 unspecified atom stereocenters. The predicted octanol–water partition coefficient (Wildman–Crippen LogP) is 4.18. The van der Waals surface area contributed by atoms with Crippen molar-refractivity contribution in [2.24, 2.45) is 0 Å². The highest BCUT2D eigenvalue weighted by molar-refractivity contribution is 8.02. The number of methoxy groups -OCH3 is 1. The number of carbonyl (C=O) groups is 1. The van der Waals surface area contributed by atoms with Gasteiger partial charge in [0, 0.05) is 0 Å². The van der Waals surface area contributed by atoms with E-state index in [9.17, 15) is 4.79 Å². The van der Waals surface area contributed by atoms with Gasteiger partial charge in [-0.15, -0.1) is 10.2 Å². The Labute approximate surface area is 165 Å². The van der Waals surface area contributed by atoms with E-state index in [0.29, 0.717) is 23.1 Å². The predicted molar refractivity (Wildman–Crippen MR) is 108 cm³/mol. The highest BCUT2D eigenvalue weighted by Crippen LogP contribution is 2.31. The number of benzene rings is 1. The normalized spacial score (nSPS) is 11.8. The molecule has 0 saturated heterocycles. The number of rotatable bonds is 8. The Hall–Kier alpha value is -2.52. The van der Waals surface area contributed by atoms with Crippen molar-refractivity contribution in [2.45, 2.75) is 30.0 Å². The lowest BCUT2D eigenvalue weighted by Crippen LogP contribution is -2.22. The van der Waals surface area contributed by atoms with Gasteiger partial charge in [0.05, 0.1) is 30.9 Å². The first-order valence-corrected chi connectivity index (χ1v) is 9.96. The number of carbonyl (C=O) groups excluding carboxylic acids is 1. The van der Waals surface area contributed by atoms with Gasteiger partial charge in [0.25, 0.3) is 0 Å². The number of amides is 1. The average Bonchev–Trinajstić information content (AvgIpc) is 3.32. The van der Waals surface area contributed by atoms with Crippen LogP contribution in [-0.2, 0) is 11.3 Å². The second-order valence-corrected chi connectivity index (χ2v) is 8.32. The molecule has 7 nitrogen and oxygen atoms in total. The molecule has 1 amide bonds. The number of aryl methyl sites for hydroxylation is 1. The Morgan fingerprint density at radius 3 is 2.96 bits per heavy atom. The van der Waals surface area contributed by atoms with E-state index < -0.39 is 0 Å². The third-order valence-electron chi connectivity index (χ3n) is 3.66. The lowest BCUT2D eigenvalue weighted by atomic mass is 10.2. The molecule has 1 atom stereocenters. The summed E-state index contributed by atoms with van der Waals surface area (Å²) in [5, 5.41) is 14.6. The first kappa shape index (κ1) is 19.2. The maximum Gasteiger partial charge on any atom is 0.237 e. The van der Waals surface area contributed by atoms with E-state index in [1.807, 2.05) is 44.2 Å². The molecule has 0 spiro atoms. The third kappa shape index (κ3) is 5.24. The molecule has 27 heavy (non-hydrogen) atoms. The van der Waals surface area contributed by atoms with Crippen LogP contribution in [0.3, 0.4) is 0 Å². The van der Waals surface area contributed by atoms with Gasteiger partial charge in [0.2, 0.25) is 11.0 Å². The molecular weight excluding hydrogens is 384 g/mol. The molecule has 0 aliphatic heterocycles. The van der Waals surface area contributed by atoms with E-state index in [2.05, 4.69) is 20.8 Å². The summed E-state index contributed by atoms with van der Waals surface area (Å²) in [6.45, 7) is 4.33. The van der Waals surface area contributed by atoms with Crippen molar-refractivity contribution >= 4 is 39.8 Å². The molecule has 3 rings (SSSR count). The molecule has 0 radical (unpaired) electrons. The maximum absolute atomic E-state index is 12.5. The molecule has 0 aliphatic rings. The van der Waals surface area contributed by atoms with Crippen molar-refractivity contribution in [3.8, 4) is 5.75 Å². The van der Waals surface area contributed by atoms with Crippen LogP contribution in [-0.4, -0.2) is 28.5 Å². The molecule has 0 fully saturated rings. The van der Waals surface area contributed by atoms with E-state index >= 15 is 0 Å². The molecule has 0 saturated carbocycles. The number of hydrogen-bond donors (Lipinski definition) is 2. The van der Waals surface area contributed by atoms with Crippen molar-refractivity contribution in [1.82, 2.24) is 10.2 Å². The molecule has 2 N–H and O–H groups in total. The molecular formula is C18H20N4O3S2. The van der Waals surface area contributed by atoms with Gasteiger partial charge < -0.3 is 19.8 Å². The number of anilines is 2. The number of aromatic nitrogens is 2. The quantitative estimate of drug-likeness (QED) is 0.544. The standard InChI is InChI=1S/C18H20N4O3S2/c1-11-6-7-15(24-3)14(9-11)20-16(23)12(2)26-18-22-21-17(27-18)19-10-13-5-4-8-25-13/h4-9,12H,10H2,1-3H3,(H,19,21)(H,20,23)/t12-/m0/s1. The summed E-state index contributed by atoms with van der Waals surface area (Å²) in [6.07, 6.45) is 1.63. The van der Waals surface area contributed by atoms with Gasteiger partial charge in [0.1, 0.15) is 11.5 Å². The average molecular weight is 405 g/mol. The van der Waals surface area contributed by atoms with Gasteiger partial charge in [-0.05, 0) is 43.7 Å². The van der Waals surface area contributed by atoms with Crippen LogP contribution in [0.2, 0.25) is 0 Å². The fourth-order valence-electron chi connectivity index (χ4n) is 2.26. The van der Waals surface area contributed by atoms with E-state index in [1.54, 1.807) is 13.4 Å². The monoisotopic (exact) mass is 404 g/mol. The highest BCUT2D eigenvalue weighted by atomic mass is 32.2. The largest absolute Gasteiger partial charge is 0.495 e. The van der Waals surface area contributed by atoms with Crippen molar-refractivity contribution in [3.05, 3.63) is 47.9 Å². The Kier molecular flexibility index (Phi) is 6.36. The van der Waals surface area contributed by atoms with Crippen LogP contribution in [0.25, 0.3) is 0 Å². The lowest BCUT2D eigenvalue weighted by Gasteiger charge is -2.13. The third-order valence-corrected chi connectivity index (χ3v) is 5.73. The topological polar surface area (TPSA) is 89.3 Å². The van der Waals surface area contributed by atoms with Crippen molar-refractivity contribution in [1.29, 1.82) is 0 Å². The summed E-state index contributed by atoms with van der Waals surface area (Å²) >= 11 is 2.76. The Balaban J connectivity index is 1.56. The maximum atomic E-state index is 12.5. The molecule has 0 bridgehead atoms. The number of hydrogen-bond acceptors (Lipinski definition) is 8. The smallest absolute Gasteiger partial charge is 0.237 e. The molecule has 2 heterocycles. The first-order valence-electron chi connectivity index (χ1n) is 8.27. The Bertz CT molecular complexity index is 896. The fourth-order valence-corrected chi connectivity index (χ4v) is 4.16. The fraction of sp³-hybridized carbons (Fsp3) is 0.278. The van der Waals surface area contributed by atoms with Crippen LogP contribution in [0.5, 0.6) is 5.75 Å². The SMILES string of the molecule is COc1ccc(C)cc1NC(=O)[C@H](C)Sc1nnc(NCc2ccco2)s1. The zero-order valence-electron chi connectivity index (χ0n) is 15.2. The zero-order chi connectivity index (χ0) is 19.2. The van der Waals surface area contributed by atoms with E-state index in [4.69, 9.17) is 9.15 Å². The van der Waals surface area contributed by atoms with E-state index in [0.717, 1.165) is 15.7 Å². The van der Waals surface area contributed by atoms with Crippen LogP contribution in [0.15, 0.2) is 45.4 Å². The van der Waals surface area contributed by atoms with Gasteiger partial charge in [-0.2, -0.15) is 0 Å². The zero-order valence-corrected chi connectivity index (χ0v) is 16.8. The van der Waals surface area contributed by atoms with Crippen molar-refractivity contribution < 1.29 is 13.9 Å². The van der Waals surface area contributed by atoms with E-state index in [-0.39, 0.29) is 11.2 Å². The van der Waals surface area contributed by atoms with Crippen molar-refractivity contribution in [3.63, 3.8) is 0 Å². The van der Waals surface area contributed by atoms with Crippen LogP contribution in [0.4, 0.5) is 10.8 Å². The van der Waals surface area contributed by atoms with Crippen molar-refractivity contribution in [2.75, 3.05) is 17.7 Å². The summed E-state index contributed by atoms with van der Waals surface area (Å²) in [7, 11) is 1.58. The van der Waals surface area contributed by atoms with Crippen LogP contribution >= 0.6 is 23.1 Å². The summed E-state index contributed by atoms with van der Waals surface area (Å²) in [5.41, 5.74) is 1.70. The number of nitrogens with one attached hydrogen (secondary N) is 2. The number of ether oxygens (including phenoxy) is 1. The molecule has 2 aromatic heterocycles. The highest BCUT2D eigenvalue weighted by Gasteiger charge is 2.19. The molecule has 1 aromatic carbocycles. The first-order chi connectivity index (χ1) is 13.0. The van der Waals surface area contributed by atoms with E-state index in [1.165, 1.54) is 23.1 Å². The Morgan fingerprint density at radius 2 is 2.22 bits per heavy atom. The molecule has 3 aromatic rings. The summed E-state index contributed by atoms with van der Waals surface area (Å²) < 4.78 is 11.3. The minimum absolute atomic E-state index is 0.121. The second-order valence-electron chi connectivity index (χ2n) is 5.76. The van der Waals surface area contributed by atoms with Crippen LogP contribution < -0.4 is 15.4 Å². The minimum Gasteiger partial charge on any atom is -0.495 e. The molecule has 0 aliphatic carbocycles. The molecule has 9 heteroatoms. The lowest BCUT2D eigenvalue weighted by molar-refractivity contribution is -0.115. The minimum atomic E-state index is -0.332. The summed E-state index contributed by atoms with van der Waals surface area (Å²) in [6, 6.07) is 9.38. The van der Waals surface area contributed by atoms with Crippen LogP contribution in [0, 0.1) is 6.92 Å². The summed E-state index contributed by atoms with van der Waals surface area (Å²) in [4.78, 5) is 12.5. The Morgan fingerprint density at radius 1 is 1.37 bits per heavy atom. The molecule has 142 valence electrons. The van der Waals surface area contributed by atoms with Gasteiger partial charge in [0.15, 0.2) is 4.34 Å².